The average molecular weight is 530 g/mol. The van der Waals surface area contributed by atoms with E-state index in [-0.39, 0.29) is 35.5 Å². The van der Waals surface area contributed by atoms with Gasteiger partial charge in [-0.05, 0) is 75.6 Å². The van der Waals surface area contributed by atoms with E-state index >= 15 is 0 Å². The molecule has 1 saturated carbocycles. The standard InChI is InChI=1S/C23H18Br2N2O3/c24-17-6-1-13(2-7-17)12-30-19-8-3-14(9-18(19)25)11-26-27-22(28)20-15-4-5-16(10-15)21(20)23(27)29/h1-9,11,15-16,20-21H,10,12H2/b26-11-/t15-,16-,20+,21+/m0/s1. The third-order valence-corrected chi connectivity index (χ3v) is 7.18. The molecule has 5 nitrogen and oxygen atoms in total. The SMILES string of the molecule is O=C1[C@H]2[C@H](C(=O)N1/N=C\c1ccc(OCc3ccc(Br)cc3)c(Br)c1)[C@H]1C=C[C@H]2C1. The Kier molecular flexibility index (Phi) is 5.11. The Morgan fingerprint density at radius 2 is 1.67 bits per heavy atom. The fraction of sp³-hybridized carbons (Fsp3) is 0.261. The topological polar surface area (TPSA) is 59.0 Å². The largest absolute Gasteiger partial charge is 0.488 e. The molecule has 2 bridgehead atoms. The van der Waals surface area contributed by atoms with E-state index in [2.05, 4.69) is 49.1 Å². The molecule has 1 aliphatic heterocycles. The van der Waals surface area contributed by atoms with Crippen LogP contribution in [0.15, 0.2) is 68.7 Å². The Morgan fingerprint density at radius 3 is 2.30 bits per heavy atom. The van der Waals surface area contributed by atoms with Gasteiger partial charge in [-0.1, -0.05) is 40.2 Å². The van der Waals surface area contributed by atoms with Crippen LogP contribution in [0, 0.1) is 23.7 Å². The summed E-state index contributed by atoms with van der Waals surface area (Å²) < 4.78 is 7.68. The molecule has 2 fully saturated rings. The lowest BCUT2D eigenvalue weighted by Crippen LogP contribution is -2.28. The summed E-state index contributed by atoms with van der Waals surface area (Å²) in [6.45, 7) is 0.454. The predicted molar refractivity (Wildman–Crippen MR) is 120 cm³/mol. The quantitative estimate of drug-likeness (QED) is 0.313. The molecule has 3 aliphatic rings. The second-order valence-corrected chi connectivity index (χ2v) is 9.61. The lowest BCUT2D eigenvalue weighted by molar-refractivity contribution is -0.140. The Labute approximate surface area is 191 Å². The molecule has 4 atom stereocenters. The fourth-order valence-electron chi connectivity index (χ4n) is 4.58. The number of benzene rings is 2. The summed E-state index contributed by atoms with van der Waals surface area (Å²) in [6.07, 6.45) is 6.62. The lowest BCUT2D eigenvalue weighted by Gasteiger charge is -2.13. The molecule has 2 aliphatic carbocycles. The van der Waals surface area contributed by atoms with E-state index in [9.17, 15) is 9.59 Å². The number of fused-ring (bicyclic) bond motifs is 5. The number of hydrogen-bond acceptors (Lipinski definition) is 4. The molecule has 2 amide bonds. The minimum absolute atomic E-state index is 0.174. The van der Waals surface area contributed by atoms with E-state index in [1.54, 1.807) is 6.21 Å². The van der Waals surface area contributed by atoms with Crippen LogP contribution < -0.4 is 4.74 Å². The molecule has 2 aromatic rings. The molecule has 5 rings (SSSR count). The molecule has 30 heavy (non-hydrogen) atoms. The molecule has 2 aromatic carbocycles. The van der Waals surface area contributed by atoms with Crippen LogP contribution in [0.3, 0.4) is 0 Å². The van der Waals surface area contributed by atoms with Crippen molar-refractivity contribution in [2.45, 2.75) is 13.0 Å². The summed E-state index contributed by atoms with van der Waals surface area (Å²) in [5, 5.41) is 5.29. The fourth-order valence-corrected chi connectivity index (χ4v) is 5.36. The second kappa shape index (κ2) is 7.78. The van der Waals surface area contributed by atoms with Crippen molar-refractivity contribution in [2.24, 2.45) is 28.8 Å². The summed E-state index contributed by atoms with van der Waals surface area (Å²) in [6, 6.07) is 13.5. The van der Waals surface area contributed by atoms with E-state index in [4.69, 9.17) is 4.74 Å². The van der Waals surface area contributed by atoms with Crippen molar-refractivity contribution in [1.29, 1.82) is 0 Å². The van der Waals surface area contributed by atoms with Crippen molar-refractivity contribution >= 4 is 49.9 Å². The molecule has 0 radical (unpaired) electrons. The zero-order valence-corrected chi connectivity index (χ0v) is 19.0. The van der Waals surface area contributed by atoms with E-state index in [1.165, 1.54) is 0 Å². The zero-order chi connectivity index (χ0) is 20.8. The summed E-state index contributed by atoms with van der Waals surface area (Å²) in [5.74, 6) is 0.274. The normalized spacial score (nSPS) is 26.8. The molecule has 152 valence electrons. The highest BCUT2D eigenvalue weighted by Gasteiger charge is 2.59. The maximum absolute atomic E-state index is 12.7. The third-order valence-electron chi connectivity index (χ3n) is 6.03. The van der Waals surface area contributed by atoms with Crippen molar-refractivity contribution in [1.82, 2.24) is 5.01 Å². The van der Waals surface area contributed by atoms with Crippen molar-refractivity contribution in [2.75, 3.05) is 0 Å². The van der Waals surface area contributed by atoms with Crippen molar-refractivity contribution in [3.8, 4) is 5.75 Å². The van der Waals surface area contributed by atoms with Crippen LogP contribution in [-0.4, -0.2) is 23.0 Å². The first-order chi connectivity index (χ1) is 14.5. The zero-order valence-electron chi connectivity index (χ0n) is 15.9. The third kappa shape index (κ3) is 3.44. The van der Waals surface area contributed by atoms with Gasteiger partial charge in [0.2, 0.25) is 0 Å². The van der Waals surface area contributed by atoms with Gasteiger partial charge in [-0.15, -0.1) is 0 Å². The second-order valence-electron chi connectivity index (χ2n) is 7.84. The van der Waals surface area contributed by atoms with Gasteiger partial charge in [-0.2, -0.15) is 10.1 Å². The van der Waals surface area contributed by atoms with Crippen molar-refractivity contribution < 1.29 is 14.3 Å². The van der Waals surface area contributed by atoms with Crippen LogP contribution in [0.4, 0.5) is 0 Å². The van der Waals surface area contributed by atoms with Gasteiger partial charge in [-0.25, -0.2) is 0 Å². The molecule has 0 unspecified atom stereocenters. The van der Waals surface area contributed by atoms with Crippen LogP contribution in [0.2, 0.25) is 0 Å². The minimum Gasteiger partial charge on any atom is -0.488 e. The first-order valence-corrected chi connectivity index (χ1v) is 11.4. The molecule has 0 spiro atoms. The molecule has 7 heteroatoms. The first kappa shape index (κ1) is 19.7. The summed E-state index contributed by atoms with van der Waals surface area (Å²) in [7, 11) is 0. The van der Waals surface area contributed by atoms with Gasteiger partial charge >= 0.3 is 0 Å². The number of halogens is 2. The first-order valence-electron chi connectivity index (χ1n) is 9.78. The van der Waals surface area contributed by atoms with Gasteiger partial charge in [0.05, 0.1) is 22.5 Å². The van der Waals surface area contributed by atoms with Crippen LogP contribution >= 0.6 is 31.9 Å². The van der Waals surface area contributed by atoms with E-state index < -0.39 is 0 Å². The Morgan fingerprint density at radius 1 is 1.00 bits per heavy atom. The van der Waals surface area contributed by atoms with E-state index in [0.29, 0.717) is 12.4 Å². The summed E-state index contributed by atoms with van der Waals surface area (Å²) >= 11 is 6.94. The highest BCUT2D eigenvalue weighted by atomic mass is 79.9. The van der Waals surface area contributed by atoms with Gasteiger partial charge in [-0.3, -0.25) is 9.59 Å². The summed E-state index contributed by atoms with van der Waals surface area (Å²) in [5.41, 5.74) is 1.84. The van der Waals surface area contributed by atoms with Crippen molar-refractivity contribution in [3.63, 3.8) is 0 Å². The predicted octanol–water partition coefficient (Wildman–Crippen LogP) is 4.93. The van der Waals surface area contributed by atoms with Gasteiger partial charge < -0.3 is 4.74 Å². The maximum atomic E-state index is 12.7. The van der Waals surface area contributed by atoms with Crippen LogP contribution in [0.25, 0.3) is 0 Å². The number of amides is 2. The van der Waals surface area contributed by atoms with Gasteiger partial charge in [0.15, 0.2) is 0 Å². The molecule has 0 aromatic heterocycles. The maximum Gasteiger partial charge on any atom is 0.254 e. The highest BCUT2D eigenvalue weighted by molar-refractivity contribution is 9.10. The minimum atomic E-state index is -0.231. The monoisotopic (exact) mass is 528 g/mol. The number of imide groups is 1. The van der Waals surface area contributed by atoms with Crippen LogP contribution in [0.1, 0.15) is 17.5 Å². The number of hydrazone groups is 1. The Balaban J connectivity index is 1.26. The van der Waals surface area contributed by atoms with E-state index in [0.717, 1.165) is 31.5 Å². The van der Waals surface area contributed by atoms with E-state index in [1.807, 2.05) is 42.5 Å². The Bertz CT molecular complexity index is 1050. The average Bonchev–Trinajstić information content (AvgIpc) is 3.41. The van der Waals surface area contributed by atoms with Gasteiger partial charge in [0, 0.05) is 4.47 Å². The Hall–Kier alpha value is -2.25. The van der Waals surface area contributed by atoms with Gasteiger partial charge in [0.25, 0.3) is 11.8 Å². The molecular weight excluding hydrogens is 512 g/mol. The summed E-state index contributed by atoms with van der Waals surface area (Å²) in [4.78, 5) is 25.4. The number of nitrogens with zero attached hydrogens (tertiary/aromatic N) is 2. The number of allylic oxidation sites excluding steroid dienone is 2. The number of rotatable bonds is 5. The van der Waals surface area contributed by atoms with Crippen LogP contribution in [0.5, 0.6) is 5.75 Å². The highest BCUT2D eigenvalue weighted by Crippen LogP contribution is 2.52. The molecule has 1 saturated heterocycles. The van der Waals surface area contributed by atoms with Crippen molar-refractivity contribution in [3.05, 3.63) is 74.7 Å². The number of carbonyl (C=O) groups is 2. The molecule has 1 heterocycles. The molecule has 0 N–H and O–H groups in total. The van der Waals surface area contributed by atoms with Gasteiger partial charge in [0.1, 0.15) is 12.4 Å². The smallest absolute Gasteiger partial charge is 0.254 e. The van der Waals surface area contributed by atoms with Crippen LogP contribution in [-0.2, 0) is 16.2 Å². The number of hydrogen-bond donors (Lipinski definition) is 0. The number of carbonyl (C=O) groups excluding carboxylic acids is 2. The number of ether oxygens (including phenoxy) is 1. The lowest BCUT2D eigenvalue weighted by atomic mass is 9.85. The molecular formula is C23H18Br2N2O3.